The molecule has 3 rings (SSSR count). The molecule has 0 spiro atoms. The standard InChI is InChI=1S/C15H22ClN3O/c16-13-5-4-7-17-14(13)19-10-6-15(20,12-19)11-18-8-2-1-3-9-18/h4-5,7,20H,1-3,6,8-12H2. The zero-order valence-electron chi connectivity index (χ0n) is 11.8. The van der Waals surface area contributed by atoms with E-state index in [1.54, 1.807) is 6.20 Å². The normalized spacial score (nSPS) is 28.0. The van der Waals surface area contributed by atoms with E-state index in [0.29, 0.717) is 11.6 Å². The van der Waals surface area contributed by atoms with Crippen molar-refractivity contribution in [2.75, 3.05) is 37.6 Å². The van der Waals surface area contributed by atoms with Gasteiger partial charge in [-0.15, -0.1) is 0 Å². The van der Waals surface area contributed by atoms with Gasteiger partial charge in [-0.1, -0.05) is 18.0 Å². The van der Waals surface area contributed by atoms with Gasteiger partial charge in [0.2, 0.25) is 0 Å². The molecule has 2 fully saturated rings. The van der Waals surface area contributed by atoms with Crippen LogP contribution in [0.1, 0.15) is 25.7 Å². The zero-order chi connectivity index (χ0) is 14.0. The summed E-state index contributed by atoms with van der Waals surface area (Å²) in [4.78, 5) is 8.84. The number of aromatic nitrogens is 1. The van der Waals surface area contributed by atoms with Crippen molar-refractivity contribution in [3.63, 3.8) is 0 Å². The molecular weight excluding hydrogens is 274 g/mol. The summed E-state index contributed by atoms with van der Waals surface area (Å²) in [6.45, 7) is 4.45. The van der Waals surface area contributed by atoms with Gasteiger partial charge in [-0.05, 0) is 44.5 Å². The summed E-state index contributed by atoms with van der Waals surface area (Å²) in [6, 6.07) is 3.69. The van der Waals surface area contributed by atoms with Crippen molar-refractivity contribution >= 4 is 17.4 Å². The van der Waals surface area contributed by atoms with Crippen molar-refractivity contribution in [2.24, 2.45) is 0 Å². The van der Waals surface area contributed by atoms with Crippen LogP contribution in [0.25, 0.3) is 0 Å². The Kier molecular flexibility index (Phi) is 4.15. The highest BCUT2D eigenvalue weighted by Crippen LogP contribution is 2.31. The maximum atomic E-state index is 10.8. The molecule has 0 amide bonds. The molecule has 3 heterocycles. The molecule has 0 saturated carbocycles. The second kappa shape index (κ2) is 5.88. The topological polar surface area (TPSA) is 39.6 Å². The van der Waals surface area contributed by atoms with E-state index in [4.69, 9.17) is 11.6 Å². The van der Waals surface area contributed by atoms with E-state index in [-0.39, 0.29) is 0 Å². The lowest BCUT2D eigenvalue weighted by Crippen LogP contribution is -2.46. The summed E-state index contributed by atoms with van der Waals surface area (Å²) >= 11 is 6.19. The summed E-state index contributed by atoms with van der Waals surface area (Å²) in [5.41, 5.74) is -0.627. The highest BCUT2D eigenvalue weighted by molar-refractivity contribution is 6.32. The first-order chi connectivity index (χ1) is 9.66. The first kappa shape index (κ1) is 14.1. The quantitative estimate of drug-likeness (QED) is 0.928. The Labute approximate surface area is 125 Å². The second-order valence-electron chi connectivity index (χ2n) is 6.04. The number of anilines is 1. The minimum absolute atomic E-state index is 0.625. The summed E-state index contributed by atoms with van der Waals surface area (Å²) in [6.07, 6.45) is 6.38. The summed E-state index contributed by atoms with van der Waals surface area (Å²) in [7, 11) is 0. The Morgan fingerprint density at radius 2 is 2.05 bits per heavy atom. The van der Waals surface area contributed by atoms with Crippen molar-refractivity contribution in [3.8, 4) is 0 Å². The predicted molar refractivity (Wildman–Crippen MR) is 81.3 cm³/mol. The van der Waals surface area contributed by atoms with Gasteiger partial charge in [-0.3, -0.25) is 0 Å². The molecule has 2 aliphatic heterocycles. The molecule has 1 atom stereocenters. The second-order valence-corrected chi connectivity index (χ2v) is 6.45. The highest BCUT2D eigenvalue weighted by Gasteiger charge is 2.38. The Bertz CT molecular complexity index is 464. The first-order valence-electron chi connectivity index (χ1n) is 7.47. The Morgan fingerprint density at radius 3 is 2.80 bits per heavy atom. The molecule has 1 aromatic rings. The van der Waals surface area contributed by atoms with Crippen molar-refractivity contribution in [2.45, 2.75) is 31.3 Å². The summed E-state index contributed by atoms with van der Waals surface area (Å²) in [5.74, 6) is 0.795. The number of likely N-dealkylation sites (tertiary alicyclic amines) is 1. The monoisotopic (exact) mass is 295 g/mol. The van der Waals surface area contributed by atoms with Gasteiger partial charge < -0.3 is 14.9 Å². The molecule has 1 N–H and O–H groups in total. The average molecular weight is 296 g/mol. The fourth-order valence-corrected chi connectivity index (χ4v) is 3.55. The smallest absolute Gasteiger partial charge is 0.147 e. The fourth-order valence-electron chi connectivity index (χ4n) is 3.31. The molecule has 0 radical (unpaired) electrons. The van der Waals surface area contributed by atoms with Crippen molar-refractivity contribution in [1.29, 1.82) is 0 Å². The van der Waals surface area contributed by atoms with Crippen LogP contribution in [-0.4, -0.2) is 53.3 Å². The molecule has 0 bridgehead atoms. The van der Waals surface area contributed by atoms with Crippen LogP contribution in [0.4, 0.5) is 5.82 Å². The molecular formula is C15H22ClN3O. The number of nitrogens with zero attached hydrogens (tertiary/aromatic N) is 3. The molecule has 110 valence electrons. The maximum Gasteiger partial charge on any atom is 0.147 e. The number of piperidine rings is 1. The van der Waals surface area contributed by atoms with Gasteiger partial charge in [-0.2, -0.15) is 0 Å². The van der Waals surface area contributed by atoms with E-state index in [1.165, 1.54) is 19.3 Å². The molecule has 0 aliphatic carbocycles. The fraction of sp³-hybridized carbons (Fsp3) is 0.667. The molecule has 2 aliphatic rings. The lowest BCUT2D eigenvalue weighted by atomic mass is 10.0. The van der Waals surface area contributed by atoms with E-state index < -0.39 is 5.60 Å². The molecule has 2 saturated heterocycles. The number of halogens is 1. The summed E-state index contributed by atoms with van der Waals surface area (Å²) in [5, 5.41) is 11.5. The Balaban J connectivity index is 1.64. The van der Waals surface area contributed by atoms with Crippen LogP contribution in [-0.2, 0) is 0 Å². The molecule has 20 heavy (non-hydrogen) atoms. The van der Waals surface area contributed by atoms with E-state index in [2.05, 4.69) is 14.8 Å². The van der Waals surface area contributed by atoms with E-state index in [1.807, 2.05) is 12.1 Å². The van der Waals surface area contributed by atoms with Crippen LogP contribution in [0, 0.1) is 0 Å². The lowest BCUT2D eigenvalue weighted by Gasteiger charge is -2.33. The van der Waals surface area contributed by atoms with Crippen LogP contribution in [0.3, 0.4) is 0 Å². The SMILES string of the molecule is OC1(CN2CCCCC2)CCN(c2ncccc2Cl)C1. The minimum atomic E-state index is -0.627. The van der Waals surface area contributed by atoms with Gasteiger partial charge in [0.1, 0.15) is 5.82 Å². The molecule has 1 aromatic heterocycles. The number of aliphatic hydroxyl groups is 1. The molecule has 5 heteroatoms. The maximum absolute atomic E-state index is 10.8. The van der Waals surface area contributed by atoms with Crippen molar-refractivity contribution in [3.05, 3.63) is 23.4 Å². The Hall–Kier alpha value is -0.840. The molecule has 0 aromatic carbocycles. The largest absolute Gasteiger partial charge is 0.387 e. The first-order valence-corrected chi connectivity index (χ1v) is 7.84. The third kappa shape index (κ3) is 3.08. The number of rotatable bonds is 3. The van der Waals surface area contributed by atoms with Crippen molar-refractivity contribution in [1.82, 2.24) is 9.88 Å². The number of hydrogen-bond acceptors (Lipinski definition) is 4. The molecule has 1 unspecified atom stereocenters. The lowest BCUT2D eigenvalue weighted by molar-refractivity contribution is 0.0169. The van der Waals surface area contributed by atoms with Gasteiger partial charge in [0.05, 0.1) is 10.6 Å². The Morgan fingerprint density at radius 1 is 1.25 bits per heavy atom. The number of hydrogen-bond donors (Lipinski definition) is 1. The van der Waals surface area contributed by atoms with Gasteiger partial charge in [-0.25, -0.2) is 4.98 Å². The zero-order valence-corrected chi connectivity index (χ0v) is 12.5. The highest BCUT2D eigenvalue weighted by atomic mass is 35.5. The molecule has 4 nitrogen and oxygen atoms in total. The van der Waals surface area contributed by atoms with Gasteiger partial charge in [0.25, 0.3) is 0 Å². The van der Waals surface area contributed by atoms with E-state index in [9.17, 15) is 5.11 Å². The summed E-state index contributed by atoms with van der Waals surface area (Å²) < 4.78 is 0. The predicted octanol–water partition coefficient (Wildman–Crippen LogP) is 2.16. The van der Waals surface area contributed by atoms with E-state index in [0.717, 1.165) is 38.4 Å². The van der Waals surface area contributed by atoms with Crippen LogP contribution in [0.2, 0.25) is 5.02 Å². The number of pyridine rings is 1. The van der Waals surface area contributed by atoms with Crippen molar-refractivity contribution < 1.29 is 5.11 Å². The third-order valence-electron chi connectivity index (χ3n) is 4.34. The minimum Gasteiger partial charge on any atom is -0.387 e. The van der Waals surface area contributed by atoms with Gasteiger partial charge in [0.15, 0.2) is 0 Å². The van der Waals surface area contributed by atoms with Crippen LogP contribution < -0.4 is 4.90 Å². The van der Waals surface area contributed by atoms with Gasteiger partial charge in [0, 0.05) is 25.8 Å². The van der Waals surface area contributed by atoms with Crippen LogP contribution in [0.5, 0.6) is 0 Å². The van der Waals surface area contributed by atoms with Gasteiger partial charge >= 0.3 is 0 Å². The van der Waals surface area contributed by atoms with E-state index >= 15 is 0 Å². The van der Waals surface area contributed by atoms with Crippen LogP contribution >= 0.6 is 11.6 Å². The number of β-amino-alcohol motifs (C(OH)–C–C–N with tert-alkyl or cyclic N) is 1. The van der Waals surface area contributed by atoms with Crippen LogP contribution in [0.15, 0.2) is 18.3 Å². The average Bonchev–Trinajstić information content (AvgIpc) is 2.82. The third-order valence-corrected chi connectivity index (χ3v) is 4.63.